The van der Waals surface area contributed by atoms with Gasteiger partial charge in [0.15, 0.2) is 11.6 Å². The Bertz CT molecular complexity index is 948. The van der Waals surface area contributed by atoms with Gasteiger partial charge < -0.3 is 15.4 Å². The van der Waals surface area contributed by atoms with Crippen LogP contribution in [0.25, 0.3) is 0 Å². The third kappa shape index (κ3) is 3.94. The zero-order valence-electron chi connectivity index (χ0n) is 13.8. The van der Waals surface area contributed by atoms with Crippen LogP contribution in [0.2, 0.25) is 0 Å². The average Bonchev–Trinajstić information content (AvgIpc) is 2.65. The summed E-state index contributed by atoms with van der Waals surface area (Å²) in [6.45, 7) is 0. The summed E-state index contributed by atoms with van der Waals surface area (Å²) >= 11 is 0. The van der Waals surface area contributed by atoms with Crippen LogP contribution < -0.4 is 15.4 Å². The molecule has 0 radical (unpaired) electrons. The van der Waals surface area contributed by atoms with Crippen LogP contribution in [0.5, 0.6) is 5.75 Å². The molecule has 0 aliphatic heterocycles. The van der Waals surface area contributed by atoms with Gasteiger partial charge in [0.05, 0.1) is 30.2 Å². The van der Waals surface area contributed by atoms with Gasteiger partial charge in [-0.25, -0.2) is 8.78 Å². The maximum atomic E-state index is 13.2. The van der Waals surface area contributed by atoms with Crippen molar-refractivity contribution < 1.29 is 18.3 Å². The van der Waals surface area contributed by atoms with E-state index >= 15 is 0 Å². The molecule has 0 aliphatic rings. The molecule has 0 unspecified atom stereocenters. The van der Waals surface area contributed by atoms with E-state index in [-0.39, 0.29) is 11.3 Å². The number of anilines is 3. The number of hydrogen-bond acceptors (Lipinski definition) is 4. The number of nitrogens with one attached hydrogen (secondary N) is 2. The second-order valence-electron chi connectivity index (χ2n) is 5.37. The number of nitrogens with zero attached hydrogens (tertiary/aromatic N) is 1. The van der Waals surface area contributed by atoms with Crippen molar-refractivity contribution in [3.8, 4) is 5.75 Å². The van der Waals surface area contributed by atoms with E-state index in [1.165, 1.54) is 12.3 Å². The molecular formula is C19H15F2N3O2. The van der Waals surface area contributed by atoms with Crippen molar-refractivity contribution in [2.75, 3.05) is 17.7 Å². The molecule has 132 valence electrons. The van der Waals surface area contributed by atoms with E-state index < -0.39 is 17.5 Å². The number of hydrogen-bond donors (Lipinski definition) is 2. The molecule has 0 spiro atoms. The minimum atomic E-state index is -1.03. The molecule has 3 rings (SSSR count). The fraction of sp³-hybridized carbons (Fsp3) is 0.0526. The standard InChI is InChI=1S/C19H15F2N3O2/c1-26-18-5-3-2-4-17(18)23-14-8-12(10-22-11-14)19(25)24-13-6-7-15(20)16(21)9-13/h2-11,23H,1H3,(H,24,25). The summed E-state index contributed by atoms with van der Waals surface area (Å²) in [6, 6.07) is 12.0. The fourth-order valence-corrected chi connectivity index (χ4v) is 2.31. The van der Waals surface area contributed by atoms with Crippen molar-refractivity contribution >= 4 is 23.0 Å². The van der Waals surface area contributed by atoms with Crippen molar-refractivity contribution in [3.63, 3.8) is 0 Å². The Morgan fingerprint density at radius 2 is 1.81 bits per heavy atom. The molecule has 0 fully saturated rings. The lowest BCUT2D eigenvalue weighted by Gasteiger charge is -2.11. The molecule has 0 aliphatic carbocycles. The smallest absolute Gasteiger partial charge is 0.257 e. The monoisotopic (exact) mass is 355 g/mol. The third-order valence-electron chi connectivity index (χ3n) is 3.56. The number of amides is 1. The highest BCUT2D eigenvalue weighted by Crippen LogP contribution is 2.27. The predicted molar refractivity (Wildman–Crippen MR) is 94.8 cm³/mol. The zero-order valence-corrected chi connectivity index (χ0v) is 13.8. The van der Waals surface area contributed by atoms with E-state index in [9.17, 15) is 13.6 Å². The second-order valence-corrected chi connectivity index (χ2v) is 5.37. The summed E-state index contributed by atoms with van der Waals surface area (Å²) < 4.78 is 31.5. The van der Waals surface area contributed by atoms with Crippen molar-refractivity contribution in [2.45, 2.75) is 0 Å². The van der Waals surface area contributed by atoms with Gasteiger partial charge in [-0.05, 0) is 30.3 Å². The summed E-state index contributed by atoms with van der Waals surface area (Å²) in [5.74, 6) is -1.86. The number of aromatic nitrogens is 1. The molecular weight excluding hydrogens is 340 g/mol. The lowest BCUT2D eigenvalue weighted by atomic mass is 10.2. The van der Waals surface area contributed by atoms with Crippen molar-refractivity contribution in [2.24, 2.45) is 0 Å². The Morgan fingerprint density at radius 3 is 2.58 bits per heavy atom. The first kappa shape index (κ1) is 17.3. The number of carbonyl (C=O) groups is 1. The first-order chi connectivity index (χ1) is 12.6. The highest BCUT2D eigenvalue weighted by Gasteiger charge is 2.10. The van der Waals surface area contributed by atoms with Crippen LogP contribution in [-0.2, 0) is 0 Å². The minimum Gasteiger partial charge on any atom is -0.495 e. The number of benzene rings is 2. The normalized spacial score (nSPS) is 10.3. The van der Waals surface area contributed by atoms with Gasteiger partial charge in [-0.1, -0.05) is 12.1 Å². The number of carbonyl (C=O) groups excluding carboxylic acids is 1. The second kappa shape index (κ2) is 7.60. The zero-order chi connectivity index (χ0) is 18.5. The molecule has 0 bridgehead atoms. The van der Waals surface area contributed by atoms with Crippen LogP contribution in [0, 0.1) is 11.6 Å². The van der Waals surface area contributed by atoms with Gasteiger partial charge in [-0.2, -0.15) is 0 Å². The molecule has 1 amide bonds. The Kier molecular flexibility index (Phi) is 5.07. The quantitative estimate of drug-likeness (QED) is 0.714. The van der Waals surface area contributed by atoms with Gasteiger partial charge in [0.25, 0.3) is 5.91 Å². The van der Waals surface area contributed by atoms with E-state index in [0.717, 1.165) is 17.8 Å². The molecule has 1 heterocycles. The largest absolute Gasteiger partial charge is 0.495 e. The highest BCUT2D eigenvalue weighted by atomic mass is 19.2. The number of pyridine rings is 1. The Labute approximate surface area is 148 Å². The van der Waals surface area contributed by atoms with E-state index in [4.69, 9.17) is 4.74 Å². The number of para-hydroxylation sites is 2. The van der Waals surface area contributed by atoms with Gasteiger partial charge in [0, 0.05) is 18.0 Å². The SMILES string of the molecule is COc1ccccc1Nc1cncc(C(=O)Nc2ccc(F)c(F)c2)c1. The minimum absolute atomic E-state index is 0.150. The summed E-state index contributed by atoms with van der Waals surface area (Å²) in [6.07, 6.45) is 2.93. The van der Waals surface area contributed by atoms with E-state index in [1.807, 2.05) is 18.2 Å². The number of methoxy groups -OCH3 is 1. The maximum absolute atomic E-state index is 13.2. The summed E-state index contributed by atoms with van der Waals surface area (Å²) in [7, 11) is 1.56. The molecule has 1 aromatic heterocycles. The van der Waals surface area contributed by atoms with Crippen molar-refractivity contribution in [3.05, 3.63) is 78.1 Å². The molecule has 2 aromatic carbocycles. The average molecular weight is 355 g/mol. The van der Waals surface area contributed by atoms with Crippen LogP contribution in [0.3, 0.4) is 0 Å². The van der Waals surface area contributed by atoms with Crippen LogP contribution >= 0.6 is 0 Å². The molecule has 26 heavy (non-hydrogen) atoms. The lowest BCUT2D eigenvalue weighted by Crippen LogP contribution is -2.13. The maximum Gasteiger partial charge on any atom is 0.257 e. The Morgan fingerprint density at radius 1 is 1.00 bits per heavy atom. The summed E-state index contributed by atoms with van der Waals surface area (Å²) in [4.78, 5) is 16.4. The number of rotatable bonds is 5. The first-order valence-electron chi connectivity index (χ1n) is 7.68. The lowest BCUT2D eigenvalue weighted by molar-refractivity contribution is 0.102. The summed E-state index contributed by atoms with van der Waals surface area (Å²) in [5, 5.41) is 5.62. The topological polar surface area (TPSA) is 63.2 Å². The number of ether oxygens (including phenoxy) is 1. The van der Waals surface area contributed by atoms with Crippen LogP contribution in [0.15, 0.2) is 60.9 Å². The van der Waals surface area contributed by atoms with E-state index in [0.29, 0.717) is 11.4 Å². The predicted octanol–water partition coefficient (Wildman–Crippen LogP) is 4.36. The molecule has 3 aromatic rings. The molecule has 5 nitrogen and oxygen atoms in total. The summed E-state index contributed by atoms with van der Waals surface area (Å²) in [5.41, 5.74) is 1.70. The van der Waals surface area contributed by atoms with Crippen LogP contribution in [0.1, 0.15) is 10.4 Å². The van der Waals surface area contributed by atoms with Gasteiger partial charge in [0.1, 0.15) is 5.75 Å². The van der Waals surface area contributed by atoms with Gasteiger partial charge in [-0.15, -0.1) is 0 Å². The molecule has 0 saturated heterocycles. The van der Waals surface area contributed by atoms with Gasteiger partial charge in [0.2, 0.25) is 0 Å². The number of halogens is 2. The van der Waals surface area contributed by atoms with E-state index in [2.05, 4.69) is 15.6 Å². The molecule has 7 heteroatoms. The highest BCUT2D eigenvalue weighted by molar-refractivity contribution is 6.04. The molecule has 0 atom stereocenters. The molecule has 2 N–H and O–H groups in total. The van der Waals surface area contributed by atoms with E-state index in [1.54, 1.807) is 25.4 Å². The Balaban J connectivity index is 1.78. The third-order valence-corrected chi connectivity index (χ3v) is 3.56. The van der Waals surface area contributed by atoms with Gasteiger partial charge >= 0.3 is 0 Å². The fourth-order valence-electron chi connectivity index (χ4n) is 2.31. The van der Waals surface area contributed by atoms with Crippen LogP contribution in [0.4, 0.5) is 25.8 Å². The van der Waals surface area contributed by atoms with Crippen molar-refractivity contribution in [1.29, 1.82) is 0 Å². The Hall–Kier alpha value is -3.48. The van der Waals surface area contributed by atoms with Crippen molar-refractivity contribution in [1.82, 2.24) is 4.98 Å². The molecule has 0 saturated carbocycles. The first-order valence-corrected chi connectivity index (χ1v) is 7.68. The van der Waals surface area contributed by atoms with Crippen LogP contribution in [-0.4, -0.2) is 18.0 Å². The van der Waals surface area contributed by atoms with Gasteiger partial charge in [-0.3, -0.25) is 9.78 Å².